The van der Waals surface area contributed by atoms with Crippen molar-refractivity contribution in [1.29, 1.82) is 0 Å². The minimum Gasteiger partial charge on any atom is -0.464 e. The molecule has 2 rings (SSSR count). The molecule has 0 fully saturated rings. The lowest BCUT2D eigenvalue weighted by Gasteiger charge is -2.11. The quantitative estimate of drug-likeness (QED) is 0.481. The number of ether oxygens (including phenoxy) is 2. The molecule has 0 spiro atoms. The monoisotopic (exact) mass is 285 g/mol. The lowest BCUT2D eigenvalue weighted by Crippen LogP contribution is -2.18. The molecule has 0 saturated carbocycles. The number of carbonyl (C=O) groups is 1. The summed E-state index contributed by atoms with van der Waals surface area (Å²) in [6.07, 6.45) is 0. The van der Waals surface area contributed by atoms with E-state index in [4.69, 9.17) is 14.3 Å². The van der Waals surface area contributed by atoms with Gasteiger partial charge in [-0.1, -0.05) is 35.5 Å². The summed E-state index contributed by atoms with van der Waals surface area (Å²) in [4.78, 5) is 16.5. The summed E-state index contributed by atoms with van der Waals surface area (Å²) in [6, 6.07) is 16.3. The first kappa shape index (κ1) is 14.6. The molecule has 0 aliphatic heterocycles. The van der Waals surface area contributed by atoms with Gasteiger partial charge < -0.3 is 14.3 Å². The molecule has 0 radical (unpaired) electrons. The van der Waals surface area contributed by atoms with E-state index in [1.807, 2.05) is 36.4 Å². The Labute approximate surface area is 122 Å². The Kier molecular flexibility index (Phi) is 4.93. The number of para-hydroxylation sites is 2. The molecule has 0 amide bonds. The minimum atomic E-state index is -0.596. The average Bonchev–Trinajstić information content (AvgIpc) is 2.54. The molecule has 0 bridgehead atoms. The molecule has 108 valence electrons. The summed E-state index contributed by atoms with van der Waals surface area (Å²) >= 11 is 0. The van der Waals surface area contributed by atoms with E-state index in [1.165, 1.54) is 14.2 Å². The Morgan fingerprint density at radius 1 is 0.952 bits per heavy atom. The van der Waals surface area contributed by atoms with E-state index in [0.717, 1.165) is 0 Å². The van der Waals surface area contributed by atoms with Crippen molar-refractivity contribution in [3.8, 4) is 11.5 Å². The van der Waals surface area contributed by atoms with Crippen LogP contribution >= 0.6 is 0 Å². The summed E-state index contributed by atoms with van der Waals surface area (Å²) in [6.45, 7) is 0. The van der Waals surface area contributed by atoms with Crippen molar-refractivity contribution >= 4 is 11.7 Å². The number of benzene rings is 2. The fourth-order valence-corrected chi connectivity index (χ4v) is 1.75. The van der Waals surface area contributed by atoms with Gasteiger partial charge in [-0.25, -0.2) is 4.79 Å². The van der Waals surface area contributed by atoms with Crippen LogP contribution in [-0.2, 0) is 14.4 Å². The van der Waals surface area contributed by atoms with Crippen LogP contribution in [-0.4, -0.2) is 25.9 Å². The fourth-order valence-electron chi connectivity index (χ4n) is 1.75. The van der Waals surface area contributed by atoms with Crippen molar-refractivity contribution in [3.63, 3.8) is 0 Å². The van der Waals surface area contributed by atoms with Gasteiger partial charge in [0.2, 0.25) is 0 Å². The molecule has 0 N–H and O–H groups in total. The van der Waals surface area contributed by atoms with Gasteiger partial charge in [0.05, 0.1) is 12.7 Å². The number of rotatable bonds is 5. The van der Waals surface area contributed by atoms with Gasteiger partial charge in [0.15, 0.2) is 5.71 Å². The predicted molar refractivity (Wildman–Crippen MR) is 78.5 cm³/mol. The first-order valence-electron chi connectivity index (χ1n) is 6.28. The SMILES string of the molecule is CON=C(C(=O)OC)c1ccccc1Oc1ccccc1. The topological polar surface area (TPSA) is 57.1 Å². The highest BCUT2D eigenvalue weighted by Gasteiger charge is 2.20. The van der Waals surface area contributed by atoms with E-state index in [2.05, 4.69) is 5.16 Å². The van der Waals surface area contributed by atoms with Gasteiger partial charge in [-0.15, -0.1) is 0 Å². The lowest BCUT2D eigenvalue weighted by atomic mass is 10.1. The van der Waals surface area contributed by atoms with Crippen LogP contribution in [0, 0.1) is 0 Å². The van der Waals surface area contributed by atoms with E-state index in [-0.39, 0.29) is 5.71 Å². The third-order valence-corrected chi connectivity index (χ3v) is 2.67. The van der Waals surface area contributed by atoms with E-state index in [9.17, 15) is 4.79 Å². The average molecular weight is 285 g/mol. The summed E-state index contributed by atoms with van der Waals surface area (Å²) in [5.74, 6) is 0.553. The Hall–Kier alpha value is -2.82. The van der Waals surface area contributed by atoms with Crippen molar-refractivity contribution in [2.24, 2.45) is 5.16 Å². The molecule has 0 atom stereocenters. The second-order valence-electron chi connectivity index (χ2n) is 4.03. The number of hydrogen-bond donors (Lipinski definition) is 0. The molecule has 21 heavy (non-hydrogen) atoms. The largest absolute Gasteiger partial charge is 0.464 e. The van der Waals surface area contributed by atoms with Crippen LogP contribution in [0.5, 0.6) is 11.5 Å². The smallest absolute Gasteiger partial charge is 0.360 e. The first-order chi connectivity index (χ1) is 10.3. The molecule has 0 aliphatic rings. The van der Waals surface area contributed by atoms with Crippen molar-refractivity contribution in [2.75, 3.05) is 14.2 Å². The Balaban J connectivity index is 2.40. The maximum Gasteiger partial charge on any atom is 0.360 e. The second-order valence-corrected chi connectivity index (χ2v) is 4.03. The maximum absolute atomic E-state index is 11.8. The summed E-state index contributed by atoms with van der Waals surface area (Å²) in [7, 11) is 2.65. The van der Waals surface area contributed by atoms with Crippen LogP contribution < -0.4 is 4.74 Å². The maximum atomic E-state index is 11.8. The Bertz CT molecular complexity index is 638. The molecule has 2 aromatic carbocycles. The molecular formula is C16H15NO4. The highest BCUT2D eigenvalue weighted by molar-refractivity contribution is 6.43. The van der Waals surface area contributed by atoms with E-state index < -0.39 is 5.97 Å². The summed E-state index contributed by atoms with van der Waals surface area (Å²) in [5, 5.41) is 3.73. The number of methoxy groups -OCH3 is 1. The van der Waals surface area contributed by atoms with Gasteiger partial charge in [-0.2, -0.15) is 0 Å². The van der Waals surface area contributed by atoms with Crippen LogP contribution in [0.15, 0.2) is 59.8 Å². The van der Waals surface area contributed by atoms with Gasteiger partial charge in [-0.05, 0) is 24.3 Å². The molecule has 2 aromatic rings. The number of carbonyl (C=O) groups excluding carboxylic acids is 1. The van der Waals surface area contributed by atoms with Gasteiger partial charge in [0.1, 0.15) is 18.6 Å². The van der Waals surface area contributed by atoms with E-state index in [1.54, 1.807) is 18.2 Å². The fraction of sp³-hybridized carbons (Fsp3) is 0.125. The van der Waals surface area contributed by atoms with Crippen molar-refractivity contribution in [1.82, 2.24) is 0 Å². The molecular weight excluding hydrogens is 270 g/mol. The van der Waals surface area contributed by atoms with E-state index in [0.29, 0.717) is 17.1 Å². The Morgan fingerprint density at radius 2 is 1.62 bits per heavy atom. The van der Waals surface area contributed by atoms with Crippen molar-refractivity contribution in [2.45, 2.75) is 0 Å². The van der Waals surface area contributed by atoms with Crippen molar-refractivity contribution in [3.05, 3.63) is 60.2 Å². The molecule has 0 aromatic heterocycles. The van der Waals surface area contributed by atoms with E-state index >= 15 is 0 Å². The number of oxime groups is 1. The summed E-state index contributed by atoms with van der Waals surface area (Å²) < 4.78 is 10.5. The zero-order valence-electron chi connectivity index (χ0n) is 11.8. The highest BCUT2D eigenvalue weighted by atomic mass is 16.6. The van der Waals surface area contributed by atoms with Gasteiger partial charge in [0.25, 0.3) is 0 Å². The van der Waals surface area contributed by atoms with Gasteiger partial charge in [0, 0.05) is 0 Å². The molecule has 0 aliphatic carbocycles. The third-order valence-electron chi connectivity index (χ3n) is 2.67. The lowest BCUT2D eigenvalue weighted by molar-refractivity contribution is -0.132. The molecule has 0 heterocycles. The Morgan fingerprint density at radius 3 is 2.29 bits per heavy atom. The van der Waals surface area contributed by atoms with Crippen LogP contribution in [0.2, 0.25) is 0 Å². The number of hydrogen-bond acceptors (Lipinski definition) is 5. The van der Waals surface area contributed by atoms with Crippen LogP contribution in [0.25, 0.3) is 0 Å². The minimum absolute atomic E-state index is 0.0477. The predicted octanol–water partition coefficient (Wildman–Crippen LogP) is 3.00. The summed E-state index contributed by atoms with van der Waals surface area (Å²) in [5.41, 5.74) is 0.543. The van der Waals surface area contributed by atoms with Crippen LogP contribution in [0.1, 0.15) is 5.56 Å². The second kappa shape index (κ2) is 7.09. The normalized spacial score (nSPS) is 10.9. The van der Waals surface area contributed by atoms with Crippen LogP contribution in [0.3, 0.4) is 0 Å². The third kappa shape index (κ3) is 3.60. The van der Waals surface area contributed by atoms with Gasteiger partial charge in [-0.3, -0.25) is 0 Å². The van der Waals surface area contributed by atoms with Crippen molar-refractivity contribution < 1.29 is 19.1 Å². The highest BCUT2D eigenvalue weighted by Crippen LogP contribution is 2.26. The number of esters is 1. The van der Waals surface area contributed by atoms with Gasteiger partial charge >= 0.3 is 5.97 Å². The first-order valence-corrected chi connectivity index (χ1v) is 6.28. The number of nitrogens with zero attached hydrogens (tertiary/aromatic N) is 1. The van der Waals surface area contributed by atoms with Crippen LogP contribution in [0.4, 0.5) is 0 Å². The molecule has 5 nitrogen and oxygen atoms in total. The zero-order chi connectivity index (χ0) is 15.1. The molecule has 0 unspecified atom stereocenters. The standard InChI is InChI=1S/C16H15NO4/c1-19-16(18)15(17-20-2)13-10-6-7-11-14(13)21-12-8-4-3-5-9-12/h3-11H,1-2H3. The molecule has 0 saturated heterocycles. The zero-order valence-corrected chi connectivity index (χ0v) is 11.8. The molecule has 5 heteroatoms.